The summed E-state index contributed by atoms with van der Waals surface area (Å²) >= 11 is 0. The van der Waals surface area contributed by atoms with E-state index in [1.54, 1.807) is 24.3 Å². The van der Waals surface area contributed by atoms with Crippen LogP contribution in [0.2, 0.25) is 0 Å². The molecule has 124 valence electrons. The van der Waals surface area contributed by atoms with E-state index in [1.807, 2.05) is 0 Å². The maximum Gasteiger partial charge on any atom is 0.261 e. The van der Waals surface area contributed by atoms with Crippen LogP contribution in [0.25, 0.3) is 0 Å². The number of hydrogen-bond acceptors (Lipinski definition) is 5. The number of amides is 2. The lowest BCUT2D eigenvalue weighted by Gasteiger charge is -2.15. The van der Waals surface area contributed by atoms with E-state index in [1.165, 1.54) is 0 Å². The molecule has 1 unspecified atom stereocenters. The van der Waals surface area contributed by atoms with Gasteiger partial charge in [-0.2, -0.15) is 0 Å². The first kappa shape index (κ1) is 16.1. The van der Waals surface area contributed by atoms with E-state index in [-0.39, 0.29) is 36.6 Å². The van der Waals surface area contributed by atoms with Gasteiger partial charge in [0.25, 0.3) is 11.8 Å². The maximum absolute atomic E-state index is 12.2. The fourth-order valence-corrected chi connectivity index (χ4v) is 4.26. The molecule has 2 amide bonds. The van der Waals surface area contributed by atoms with Crippen LogP contribution in [0.5, 0.6) is 0 Å². The highest BCUT2D eigenvalue weighted by molar-refractivity contribution is 7.89. The summed E-state index contributed by atoms with van der Waals surface area (Å²) in [5.41, 5.74) is 0.769. The highest BCUT2D eigenvalue weighted by Crippen LogP contribution is 2.22. The number of sulfonamides is 1. The Labute approximate surface area is 135 Å². The lowest BCUT2D eigenvalue weighted by atomic mass is 10.1. The van der Waals surface area contributed by atoms with Crippen molar-refractivity contribution in [2.24, 2.45) is 0 Å². The number of hydrogen-bond donors (Lipinski definition) is 2. The number of carbonyl (C=O) groups is 2. The molecule has 7 nitrogen and oxygen atoms in total. The number of rotatable bonds is 6. The van der Waals surface area contributed by atoms with Crippen molar-refractivity contribution < 1.29 is 18.0 Å². The Morgan fingerprint density at radius 3 is 2.39 bits per heavy atom. The van der Waals surface area contributed by atoms with Crippen LogP contribution in [-0.4, -0.2) is 56.6 Å². The van der Waals surface area contributed by atoms with Gasteiger partial charge in [-0.3, -0.25) is 14.5 Å². The Bertz CT molecular complexity index is 691. The standard InChI is InChI=1S/C15H19N3O4S/c19-14-12-4-1-2-5-13(12)15(20)18(14)8-3-9-23(21,22)17-11-6-7-16-10-11/h1-2,4-5,11,16-17H,3,6-10H2. The summed E-state index contributed by atoms with van der Waals surface area (Å²) in [6.07, 6.45) is 0.999. The van der Waals surface area contributed by atoms with Gasteiger partial charge in [-0.05, 0) is 31.5 Å². The van der Waals surface area contributed by atoms with Crippen LogP contribution in [0, 0.1) is 0 Å². The average molecular weight is 337 g/mol. The third kappa shape index (κ3) is 3.44. The van der Waals surface area contributed by atoms with Crippen LogP contribution in [0.4, 0.5) is 0 Å². The second-order valence-corrected chi connectivity index (χ2v) is 7.66. The first-order valence-corrected chi connectivity index (χ1v) is 9.29. The fourth-order valence-electron chi connectivity index (χ4n) is 2.92. The van der Waals surface area contributed by atoms with Crippen molar-refractivity contribution >= 4 is 21.8 Å². The lowest BCUT2D eigenvalue weighted by molar-refractivity contribution is 0.0654. The zero-order valence-electron chi connectivity index (χ0n) is 12.6. The smallest absolute Gasteiger partial charge is 0.261 e. The number of nitrogens with zero attached hydrogens (tertiary/aromatic N) is 1. The van der Waals surface area contributed by atoms with E-state index >= 15 is 0 Å². The minimum absolute atomic E-state index is 0.0701. The highest BCUT2D eigenvalue weighted by Gasteiger charge is 2.34. The van der Waals surface area contributed by atoms with Crippen LogP contribution in [0.1, 0.15) is 33.6 Å². The molecule has 1 aromatic rings. The van der Waals surface area contributed by atoms with E-state index in [4.69, 9.17) is 0 Å². The van der Waals surface area contributed by atoms with Gasteiger partial charge >= 0.3 is 0 Å². The van der Waals surface area contributed by atoms with Crippen molar-refractivity contribution in [3.8, 4) is 0 Å². The minimum atomic E-state index is -3.40. The summed E-state index contributed by atoms with van der Waals surface area (Å²) in [4.78, 5) is 25.5. The Morgan fingerprint density at radius 1 is 1.17 bits per heavy atom. The highest BCUT2D eigenvalue weighted by atomic mass is 32.2. The molecule has 0 radical (unpaired) electrons. The molecule has 0 aromatic heterocycles. The third-order valence-electron chi connectivity index (χ3n) is 4.08. The quantitative estimate of drug-likeness (QED) is 0.710. The van der Waals surface area contributed by atoms with Crippen molar-refractivity contribution in [3.05, 3.63) is 35.4 Å². The van der Waals surface area contributed by atoms with Crippen molar-refractivity contribution in [2.45, 2.75) is 18.9 Å². The first-order valence-electron chi connectivity index (χ1n) is 7.64. The Morgan fingerprint density at radius 2 is 1.83 bits per heavy atom. The lowest BCUT2D eigenvalue weighted by Crippen LogP contribution is -2.39. The molecule has 0 spiro atoms. The Hall–Kier alpha value is -1.77. The fraction of sp³-hybridized carbons (Fsp3) is 0.467. The van der Waals surface area contributed by atoms with Gasteiger partial charge < -0.3 is 5.32 Å². The summed E-state index contributed by atoms with van der Waals surface area (Å²) in [6.45, 7) is 1.55. The molecular weight excluding hydrogens is 318 g/mol. The summed E-state index contributed by atoms with van der Waals surface area (Å²) in [7, 11) is -3.40. The number of fused-ring (bicyclic) bond motifs is 1. The van der Waals surface area contributed by atoms with Crippen LogP contribution >= 0.6 is 0 Å². The van der Waals surface area contributed by atoms with E-state index < -0.39 is 10.0 Å². The third-order valence-corrected chi connectivity index (χ3v) is 5.60. The van der Waals surface area contributed by atoms with Crippen LogP contribution in [0.15, 0.2) is 24.3 Å². The van der Waals surface area contributed by atoms with Gasteiger partial charge in [-0.1, -0.05) is 12.1 Å². The summed E-state index contributed by atoms with van der Waals surface area (Å²) in [5, 5.41) is 3.09. The van der Waals surface area contributed by atoms with E-state index in [0.717, 1.165) is 17.9 Å². The molecule has 0 aliphatic carbocycles. The van der Waals surface area contributed by atoms with Crippen molar-refractivity contribution in [3.63, 3.8) is 0 Å². The van der Waals surface area contributed by atoms with Crippen molar-refractivity contribution in [2.75, 3.05) is 25.4 Å². The summed E-state index contributed by atoms with van der Waals surface area (Å²) < 4.78 is 26.7. The van der Waals surface area contributed by atoms with Crippen molar-refractivity contribution in [1.29, 1.82) is 0 Å². The SMILES string of the molecule is O=C1c2ccccc2C(=O)N1CCCS(=O)(=O)NC1CCNC1. The van der Waals surface area contributed by atoms with Gasteiger partial charge in [0.05, 0.1) is 16.9 Å². The van der Waals surface area contributed by atoms with E-state index in [9.17, 15) is 18.0 Å². The average Bonchev–Trinajstić information content (AvgIpc) is 3.09. The number of benzene rings is 1. The summed E-state index contributed by atoms with van der Waals surface area (Å²) in [6, 6.07) is 6.57. The van der Waals surface area contributed by atoms with Gasteiger partial charge in [0.15, 0.2) is 0 Å². The zero-order chi connectivity index (χ0) is 16.4. The number of nitrogens with one attached hydrogen (secondary N) is 2. The molecule has 2 aliphatic rings. The molecule has 0 saturated carbocycles. The molecule has 1 fully saturated rings. The molecule has 1 atom stereocenters. The van der Waals surface area contributed by atoms with Crippen LogP contribution in [0.3, 0.4) is 0 Å². The minimum Gasteiger partial charge on any atom is -0.315 e. The first-order chi connectivity index (χ1) is 11.0. The van der Waals surface area contributed by atoms with E-state index in [2.05, 4.69) is 10.0 Å². The second kappa shape index (κ2) is 6.38. The zero-order valence-corrected chi connectivity index (χ0v) is 13.4. The molecule has 2 N–H and O–H groups in total. The molecule has 8 heteroatoms. The molecule has 1 aromatic carbocycles. The van der Waals surface area contributed by atoms with Gasteiger partial charge in [0.2, 0.25) is 10.0 Å². The number of imide groups is 1. The number of carbonyl (C=O) groups excluding carboxylic acids is 2. The van der Waals surface area contributed by atoms with Crippen LogP contribution < -0.4 is 10.0 Å². The monoisotopic (exact) mass is 337 g/mol. The summed E-state index contributed by atoms with van der Waals surface area (Å²) in [5.74, 6) is -0.802. The van der Waals surface area contributed by atoms with Gasteiger partial charge in [0, 0.05) is 19.1 Å². The molecule has 2 aliphatic heterocycles. The topological polar surface area (TPSA) is 95.6 Å². The van der Waals surface area contributed by atoms with E-state index in [0.29, 0.717) is 17.7 Å². The van der Waals surface area contributed by atoms with Gasteiger partial charge in [-0.25, -0.2) is 13.1 Å². The predicted octanol–water partition coefficient (Wildman–Crippen LogP) is -0.0460. The normalized spacial score (nSPS) is 21.0. The Kier molecular flexibility index (Phi) is 4.47. The Balaban J connectivity index is 1.55. The van der Waals surface area contributed by atoms with Gasteiger partial charge in [0.1, 0.15) is 0 Å². The van der Waals surface area contributed by atoms with Crippen molar-refractivity contribution in [1.82, 2.24) is 14.9 Å². The van der Waals surface area contributed by atoms with Crippen LogP contribution in [-0.2, 0) is 10.0 Å². The maximum atomic E-state index is 12.2. The molecule has 1 saturated heterocycles. The molecular formula is C15H19N3O4S. The second-order valence-electron chi connectivity index (χ2n) is 5.79. The van der Waals surface area contributed by atoms with Gasteiger partial charge in [-0.15, -0.1) is 0 Å². The molecule has 2 heterocycles. The predicted molar refractivity (Wildman–Crippen MR) is 84.6 cm³/mol. The largest absolute Gasteiger partial charge is 0.315 e. The molecule has 3 rings (SSSR count). The molecule has 0 bridgehead atoms. The molecule has 23 heavy (non-hydrogen) atoms.